The molecule has 112 valence electrons. The lowest BCUT2D eigenvalue weighted by Crippen LogP contribution is -2.26. The highest BCUT2D eigenvalue weighted by Crippen LogP contribution is 2.14. The Hall–Kier alpha value is -2.66. The number of benzene rings is 2. The van der Waals surface area contributed by atoms with Crippen LogP contribution in [-0.4, -0.2) is 16.9 Å². The predicted molar refractivity (Wildman–Crippen MR) is 86.0 cm³/mol. The molecule has 0 unspecified atom stereocenters. The molecule has 1 aromatic heterocycles. The highest BCUT2D eigenvalue weighted by atomic mass is 16.5. The minimum Gasteiger partial charge on any atom is -0.497 e. The first kappa shape index (κ1) is 14.3. The molecule has 2 aromatic carbocycles. The Morgan fingerprint density at radius 1 is 1.09 bits per heavy atom. The van der Waals surface area contributed by atoms with E-state index in [1.54, 1.807) is 7.11 Å². The molecule has 2 N–H and O–H groups in total. The van der Waals surface area contributed by atoms with Crippen LogP contribution in [0, 0.1) is 0 Å². The molecular weight excluding hydrogens is 278 g/mol. The van der Waals surface area contributed by atoms with Crippen LogP contribution in [0.25, 0.3) is 10.8 Å². The highest BCUT2D eigenvalue weighted by Gasteiger charge is 2.09. The number of nitrogens with zero attached hydrogens (tertiary/aromatic N) is 2. The van der Waals surface area contributed by atoms with Gasteiger partial charge in [-0.05, 0) is 23.8 Å². The average molecular weight is 295 g/mol. The molecule has 0 saturated carbocycles. The Labute approximate surface area is 127 Å². The third kappa shape index (κ3) is 2.58. The van der Waals surface area contributed by atoms with Crippen molar-refractivity contribution in [3.63, 3.8) is 0 Å². The summed E-state index contributed by atoms with van der Waals surface area (Å²) in [6.45, 7) is 0.698. The van der Waals surface area contributed by atoms with Gasteiger partial charge in [-0.25, -0.2) is 4.68 Å². The first-order valence-electron chi connectivity index (χ1n) is 7.04. The summed E-state index contributed by atoms with van der Waals surface area (Å²) in [4.78, 5) is 12.6. The maximum Gasteiger partial charge on any atom is 0.274 e. The van der Waals surface area contributed by atoms with Crippen LogP contribution in [0.3, 0.4) is 0 Å². The van der Waals surface area contributed by atoms with E-state index in [9.17, 15) is 4.79 Å². The van der Waals surface area contributed by atoms with Gasteiger partial charge in [0, 0.05) is 11.9 Å². The van der Waals surface area contributed by atoms with Crippen molar-refractivity contribution in [1.82, 2.24) is 9.78 Å². The summed E-state index contributed by atoms with van der Waals surface area (Å²) >= 11 is 0. The second-order valence-corrected chi connectivity index (χ2v) is 5.01. The summed E-state index contributed by atoms with van der Waals surface area (Å²) < 4.78 is 6.60. The fourth-order valence-corrected chi connectivity index (χ4v) is 2.47. The number of hydrogen-bond acceptors (Lipinski definition) is 4. The molecule has 0 bridgehead atoms. The molecule has 5 nitrogen and oxygen atoms in total. The zero-order chi connectivity index (χ0) is 15.5. The van der Waals surface area contributed by atoms with E-state index in [2.05, 4.69) is 5.10 Å². The molecule has 0 aliphatic rings. The molecule has 0 fully saturated rings. The van der Waals surface area contributed by atoms with Gasteiger partial charge in [0.1, 0.15) is 5.75 Å². The first-order chi connectivity index (χ1) is 10.7. The molecule has 0 amide bonds. The number of hydrogen-bond donors (Lipinski definition) is 1. The minimum absolute atomic E-state index is 0.108. The van der Waals surface area contributed by atoms with E-state index in [1.165, 1.54) is 4.68 Å². The number of nitrogens with two attached hydrogens (primary N) is 1. The van der Waals surface area contributed by atoms with E-state index in [-0.39, 0.29) is 5.56 Å². The van der Waals surface area contributed by atoms with Crippen LogP contribution in [0.15, 0.2) is 53.3 Å². The van der Waals surface area contributed by atoms with Crippen molar-refractivity contribution in [2.24, 2.45) is 5.73 Å². The topological polar surface area (TPSA) is 70.1 Å². The van der Waals surface area contributed by atoms with Crippen molar-refractivity contribution in [2.75, 3.05) is 7.11 Å². The van der Waals surface area contributed by atoms with Gasteiger partial charge in [0.25, 0.3) is 5.56 Å². The molecular formula is C17H17N3O2. The number of aromatic nitrogens is 2. The lowest BCUT2D eigenvalue weighted by molar-refractivity contribution is 0.414. The summed E-state index contributed by atoms with van der Waals surface area (Å²) in [6.07, 6.45) is 0. The predicted octanol–water partition coefficient (Wildman–Crippen LogP) is 1.91. The molecule has 0 radical (unpaired) electrons. The largest absolute Gasteiger partial charge is 0.497 e. The Bertz CT molecular complexity index is 854. The van der Waals surface area contributed by atoms with Crippen LogP contribution >= 0.6 is 0 Å². The van der Waals surface area contributed by atoms with E-state index in [0.717, 1.165) is 22.4 Å². The number of rotatable bonds is 4. The van der Waals surface area contributed by atoms with Crippen molar-refractivity contribution in [3.05, 3.63) is 70.1 Å². The van der Waals surface area contributed by atoms with Crippen molar-refractivity contribution >= 4 is 10.8 Å². The van der Waals surface area contributed by atoms with Crippen LogP contribution < -0.4 is 16.0 Å². The van der Waals surface area contributed by atoms with Gasteiger partial charge in [0.05, 0.1) is 24.7 Å². The molecule has 0 spiro atoms. The zero-order valence-electron chi connectivity index (χ0n) is 12.3. The zero-order valence-corrected chi connectivity index (χ0v) is 12.3. The van der Waals surface area contributed by atoms with Crippen LogP contribution in [0.5, 0.6) is 5.75 Å². The van der Waals surface area contributed by atoms with Gasteiger partial charge < -0.3 is 10.5 Å². The minimum atomic E-state index is -0.108. The quantitative estimate of drug-likeness (QED) is 0.798. The first-order valence-corrected chi connectivity index (χ1v) is 7.04. The summed E-state index contributed by atoms with van der Waals surface area (Å²) in [7, 11) is 1.62. The Balaban J connectivity index is 2.06. The summed E-state index contributed by atoms with van der Waals surface area (Å²) in [5.41, 5.74) is 7.37. The van der Waals surface area contributed by atoms with Crippen molar-refractivity contribution in [1.29, 1.82) is 0 Å². The Morgan fingerprint density at radius 2 is 1.77 bits per heavy atom. The van der Waals surface area contributed by atoms with Gasteiger partial charge in [-0.3, -0.25) is 4.79 Å². The van der Waals surface area contributed by atoms with E-state index >= 15 is 0 Å². The maximum absolute atomic E-state index is 12.6. The SMILES string of the molecule is COc1ccc(Cn2nc(CN)c3ccccc3c2=O)cc1. The highest BCUT2D eigenvalue weighted by molar-refractivity contribution is 5.83. The van der Waals surface area contributed by atoms with Gasteiger partial charge in [-0.2, -0.15) is 5.10 Å². The molecule has 3 rings (SSSR count). The van der Waals surface area contributed by atoms with Crippen LogP contribution in [-0.2, 0) is 13.1 Å². The fraction of sp³-hybridized carbons (Fsp3) is 0.176. The molecule has 3 aromatic rings. The second kappa shape index (κ2) is 5.99. The third-order valence-corrected chi connectivity index (χ3v) is 3.63. The van der Waals surface area contributed by atoms with E-state index in [1.807, 2.05) is 48.5 Å². The number of fused-ring (bicyclic) bond motifs is 1. The molecule has 0 saturated heterocycles. The number of ether oxygens (including phenoxy) is 1. The van der Waals surface area contributed by atoms with E-state index < -0.39 is 0 Å². The van der Waals surface area contributed by atoms with Crippen LogP contribution in [0.1, 0.15) is 11.3 Å². The fourth-order valence-electron chi connectivity index (χ4n) is 2.47. The normalized spacial score (nSPS) is 10.8. The van der Waals surface area contributed by atoms with Gasteiger partial charge in [0.2, 0.25) is 0 Å². The van der Waals surface area contributed by atoms with E-state index in [0.29, 0.717) is 18.5 Å². The lowest BCUT2D eigenvalue weighted by atomic mass is 10.1. The molecule has 0 aliphatic heterocycles. The van der Waals surface area contributed by atoms with Crippen molar-refractivity contribution in [2.45, 2.75) is 13.1 Å². The Morgan fingerprint density at radius 3 is 2.41 bits per heavy atom. The summed E-state index contributed by atoms with van der Waals surface area (Å²) in [5.74, 6) is 0.783. The van der Waals surface area contributed by atoms with Gasteiger partial charge in [0.15, 0.2) is 0 Å². The van der Waals surface area contributed by atoms with Gasteiger partial charge in [-0.15, -0.1) is 0 Å². The van der Waals surface area contributed by atoms with Crippen LogP contribution in [0.2, 0.25) is 0 Å². The van der Waals surface area contributed by atoms with E-state index in [4.69, 9.17) is 10.5 Å². The standard InChI is InChI=1S/C17H17N3O2/c1-22-13-8-6-12(7-9-13)11-20-17(21)15-5-3-2-4-14(15)16(10-18)19-20/h2-9H,10-11,18H2,1H3. The molecule has 1 heterocycles. The summed E-state index contributed by atoms with van der Waals surface area (Å²) in [6, 6.07) is 15.0. The second-order valence-electron chi connectivity index (χ2n) is 5.01. The molecule has 22 heavy (non-hydrogen) atoms. The van der Waals surface area contributed by atoms with Crippen LogP contribution in [0.4, 0.5) is 0 Å². The van der Waals surface area contributed by atoms with Gasteiger partial charge in [-0.1, -0.05) is 30.3 Å². The molecule has 0 atom stereocenters. The van der Waals surface area contributed by atoms with Crippen molar-refractivity contribution < 1.29 is 4.74 Å². The maximum atomic E-state index is 12.6. The summed E-state index contributed by atoms with van der Waals surface area (Å²) in [5, 5.41) is 5.87. The number of methoxy groups -OCH3 is 1. The third-order valence-electron chi connectivity index (χ3n) is 3.63. The molecule has 0 aliphatic carbocycles. The smallest absolute Gasteiger partial charge is 0.274 e. The monoisotopic (exact) mass is 295 g/mol. The van der Waals surface area contributed by atoms with Gasteiger partial charge >= 0.3 is 0 Å². The lowest BCUT2D eigenvalue weighted by Gasteiger charge is -2.10. The Kier molecular flexibility index (Phi) is 3.89. The average Bonchev–Trinajstić information content (AvgIpc) is 2.58. The van der Waals surface area contributed by atoms with Crippen molar-refractivity contribution in [3.8, 4) is 5.75 Å². The molecule has 5 heteroatoms.